The van der Waals surface area contributed by atoms with Gasteiger partial charge in [0.1, 0.15) is 11.3 Å². The molecule has 8 heteroatoms. The van der Waals surface area contributed by atoms with E-state index in [1.165, 1.54) is 12.3 Å². The maximum atomic E-state index is 12.0. The van der Waals surface area contributed by atoms with E-state index in [1.54, 1.807) is 52.0 Å². The number of nitrogens with two attached hydrogens (primary N) is 1. The number of ether oxygens (including phenoxy) is 2. The number of nitrogens with one attached hydrogen (secondary N) is 1. The third-order valence-electron chi connectivity index (χ3n) is 3.34. The fourth-order valence-electron chi connectivity index (χ4n) is 2.16. The highest BCUT2D eigenvalue weighted by Crippen LogP contribution is 2.21. The first-order valence-electron chi connectivity index (χ1n) is 8.63. The van der Waals surface area contributed by atoms with E-state index in [9.17, 15) is 9.59 Å². The number of oxazole rings is 1. The molecule has 0 aliphatic rings. The summed E-state index contributed by atoms with van der Waals surface area (Å²) in [5.74, 6) is -1.09. The molecule has 0 saturated heterocycles. The molecule has 0 saturated carbocycles. The van der Waals surface area contributed by atoms with Crippen molar-refractivity contribution in [3.8, 4) is 11.5 Å². The van der Waals surface area contributed by atoms with Crippen LogP contribution in [0.4, 0.5) is 0 Å². The molecule has 0 atom stereocenters. The highest BCUT2D eigenvalue weighted by atomic mass is 16.6. The van der Waals surface area contributed by atoms with Gasteiger partial charge in [0.2, 0.25) is 11.7 Å². The lowest BCUT2D eigenvalue weighted by molar-refractivity contribution is -0.149. The van der Waals surface area contributed by atoms with Crippen LogP contribution < -0.4 is 5.73 Å². The molecule has 1 aromatic heterocycles. The monoisotopic (exact) mass is 385 g/mol. The highest BCUT2D eigenvalue weighted by molar-refractivity contribution is 6.10. The minimum atomic E-state index is -0.694. The summed E-state index contributed by atoms with van der Waals surface area (Å²) in [6.07, 6.45) is 2.51. The zero-order valence-corrected chi connectivity index (χ0v) is 16.2. The van der Waals surface area contributed by atoms with Gasteiger partial charge < -0.3 is 25.0 Å². The molecule has 0 aliphatic carbocycles. The van der Waals surface area contributed by atoms with Gasteiger partial charge in [-0.15, -0.1) is 0 Å². The van der Waals surface area contributed by atoms with Crippen LogP contribution in [0, 0.1) is 5.41 Å². The molecule has 3 N–H and O–H groups in total. The number of carbonyl (C=O) groups excluding carboxylic acids is 2. The molecule has 2 rings (SSSR count). The lowest BCUT2D eigenvalue weighted by Gasteiger charge is -2.19. The molecule has 0 radical (unpaired) electrons. The van der Waals surface area contributed by atoms with Crippen LogP contribution in [0.25, 0.3) is 11.5 Å². The SMILES string of the molecule is CCOC(=O)c1cnc(-c2cccc(C(=N)/C=C(\N)C(=O)OC(C)(C)C)c2)o1. The van der Waals surface area contributed by atoms with Gasteiger partial charge in [-0.05, 0) is 45.9 Å². The smallest absolute Gasteiger partial charge is 0.375 e. The average molecular weight is 385 g/mol. The van der Waals surface area contributed by atoms with Crippen molar-refractivity contribution < 1.29 is 23.5 Å². The van der Waals surface area contributed by atoms with Crippen LogP contribution in [0.5, 0.6) is 0 Å². The Morgan fingerprint density at radius 3 is 2.68 bits per heavy atom. The van der Waals surface area contributed by atoms with Crippen LogP contribution in [0.15, 0.2) is 46.7 Å². The van der Waals surface area contributed by atoms with Crippen molar-refractivity contribution in [2.45, 2.75) is 33.3 Å². The minimum Gasteiger partial charge on any atom is -0.460 e. The van der Waals surface area contributed by atoms with E-state index in [0.717, 1.165) is 0 Å². The van der Waals surface area contributed by atoms with E-state index in [2.05, 4.69) is 4.98 Å². The van der Waals surface area contributed by atoms with Crippen molar-refractivity contribution in [2.75, 3.05) is 6.61 Å². The Bertz CT molecular complexity index is 922. The largest absolute Gasteiger partial charge is 0.460 e. The van der Waals surface area contributed by atoms with E-state index in [-0.39, 0.29) is 29.7 Å². The fraction of sp³-hybridized carbons (Fsp3) is 0.300. The van der Waals surface area contributed by atoms with E-state index in [4.69, 9.17) is 25.0 Å². The number of benzene rings is 1. The van der Waals surface area contributed by atoms with Gasteiger partial charge in [-0.25, -0.2) is 14.6 Å². The zero-order valence-electron chi connectivity index (χ0n) is 16.2. The molecule has 1 heterocycles. The van der Waals surface area contributed by atoms with Gasteiger partial charge in [0.15, 0.2) is 0 Å². The number of carbonyl (C=O) groups is 2. The topological polar surface area (TPSA) is 128 Å². The van der Waals surface area contributed by atoms with Crippen molar-refractivity contribution in [3.05, 3.63) is 53.6 Å². The van der Waals surface area contributed by atoms with Crippen LogP contribution in [0.3, 0.4) is 0 Å². The van der Waals surface area contributed by atoms with Crippen LogP contribution >= 0.6 is 0 Å². The molecule has 0 fully saturated rings. The van der Waals surface area contributed by atoms with Crippen molar-refractivity contribution >= 4 is 17.7 Å². The van der Waals surface area contributed by atoms with E-state index < -0.39 is 17.5 Å². The van der Waals surface area contributed by atoms with E-state index in [0.29, 0.717) is 11.1 Å². The third-order valence-corrected chi connectivity index (χ3v) is 3.34. The van der Waals surface area contributed by atoms with Gasteiger partial charge in [-0.2, -0.15) is 0 Å². The maximum Gasteiger partial charge on any atom is 0.375 e. The van der Waals surface area contributed by atoms with Crippen molar-refractivity contribution in [3.63, 3.8) is 0 Å². The molecule has 2 aromatic rings. The lowest BCUT2D eigenvalue weighted by atomic mass is 10.1. The van der Waals surface area contributed by atoms with Gasteiger partial charge in [-0.3, -0.25) is 0 Å². The number of hydrogen-bond donors (Lipinski definition) is 2. The summed E-state index contributed by atoms with van der Waals surface area (Å²) in [5.41, 5.74) is 5.94. The Morgan fingerprint density at radius 2 is 2.04 bits per heavy atom. The van der Waals surface area contributed by atoms with Gasteiger partial charge >= 0.3 is 11.9 Å². The van der Waals surface area contributed by atoms with Crippen LogP contribution in [0.1, 0.15) is 43.8 Å². The molecule has 148 valence electrons. The predicted octanol–water partition coefficient (Wildman–Crippen LogP) is 3.07. The number of nitrogens with zero attached hydrogens (tertiary/aromatic N) is 1. The summed E-state index contributed by atoms with van der Waals surface area (Å²) < 4.78 is 15.5. The standard InChI is InChI=1S/C20H23N3O5/c1-5-26-19(25)16-11-23-17(27-16)13-8-6-7-12(9-13)14(21)10-15(22)18(24)28-20(2,3)4/h6-11,21H,5,22H2,1-4H3/b15-10-,21-14?. The van der Waals surface area contributed by atoms with Crippen molar-refractivity contribution in [2.24, 2.45) is 5.73 Å². The maximum absolute atomic E-state index is 12.0. The van der Waals surface area contributed by atoms with Gasteiger partial charge in [0, 0.05) is 11.1 Å². The van der Waals surface area contributed by atoms with E-state index in [1.807, 2.05) is 0 Å². The lowest BCUT2D eigenvalue weighted by Crippen LogP contribution is -2.27. The summed E-state index contributed by atoms with van der Waals surface area (Å²) in [5, 5.41) is 8.18. The first-order valence-corrected chi connectivity index (χ1v) is 8.63. The molecular formula is C20H23N3O5. The average Bonchev–Trinajstić information content (AvgIpc) is 3.11. The summed E-state index contributed by atoms with van der Waals surface area (Å²) >= 11 is 0. The Labute approximate surface area is 162 Å². The van der Waals surface area contributed by atoms with E-state index >= 15 is 0 Å². The quantitative estimate of drug-likeness (QED) is 0.444. The first kappa shape index (κ1) is 20.9. The third kappa shape index (κ3) is 5.54. The predicted molar refractivity (Wildman–Crippen MR) is 103 cm³/mol. The highest BCUT2D eigenvalue weighted by Gasteiger charge is 2.19. The molecule has 8 nitrogen and oxygen atoms in total. The van der Waals surface area contributed by atoms with Crippen LogP contribution in [0.2, 0.25) is 0 Å². The fourth-order valence-corrected chi connectivity index (χ4v) is 2.16. The molecule has 1 aromatic carbocycles. The Kier molecular flexibility index (Phi) is 6.35. The number of esters is 2. The number of hydrogen-bond acceptors (Lipinski definition) is 8. The second-order valence-corrected chi connectivity index (χ2v) is 6.85. The van der Waals surface area contributed by atoms with Crippen LogP contribution in [-0.4, -0.2) is 34.8 Å². The molecular weight excluding hydrogens is 362 g/mol. The first-order chi connectivity index (χ1) is 13.1. The number of aromatic nitrogens is 1. The second-order valence-electron chi connectivity index (χ2n) is 6.85. The second kappa shape index (κ2) is 8.51. The van der Waals surface area contributed by atoms with Crippen LogP contribution in [-0.2, 0) is 14.3 Å². The Balaban J connectivity index is 2.21. The molecule has 28 heavy (non-hydrogen) atoms. The molecule has 0 aliphatic heterocycles. The summed E-state index contributed by atoms with van der Waals surface area (Å²) in [6.45, 7) is 7.11. The zero-order chi connectivity index (χ0) is 20.9. The summed E-state index contributed by atoms with van der Waals surface area (Å²) in [7, 11) is 0. The van der Waals surface area contributed by atoms with Gasteiger partial charge in [0.25, 0.3) is 0 Å². The Morgan fingerprint density at radius 1 is 1.32 bits per heavy atom. The molecule has 0 bridgehead atoms. The number of allylic oxidation sites excluding steroid dienone is 1. The van der Waals surface area contributed by atoms with Crippen molar-refractivity contribution in [1.29, 1.82) is 5.41 Å². The normalized spacial score (nSPS) is 11.8. The molecule has 0 spiro atoms. The molecule has 0 unspecified atom stereocenters. The summed E-state index contributed by atoms with van der Waals surface area (Å²) in [6, 6.07) is 6.74. The van der Waals surface area contributed by atoms with Gasteiger partial charge in [0.05, 0.1) is 18.5 Å². The molecule has 0 amide bonds. The van der Waals surface area contributed by atoms with Gasteiger partial charge in [-0.1, -0.05) is 12.1 Å². The minimum absolute atomic E-state index is 0.00797. The van der Waals surface area contributed by atoms with Crippen molar-refractivity contribution in [1.82, 2.24) is 4.98 Å². The summed E-state index contributed by atoms with van der Waals surface area (Å²) in [4.78, 5) is 27.7. The number of rotatable bonds is 6. The Hall–Kier alpha value is -3.42.